The van der Waals surface area contributed by atoms with Crippen LogP contribution in [0.2, 0.25) is 0 Å². The van der Waals surface area contributed by atoms with Crippen molar-refractivity contribution in [2.45, 2.75) is 39.2 Å². The van der Waals surface area contributed by atoms with Crippen LogP contribution in [0.1, 0.15) is 33.1 Å². The molecule has 0 heterocycles. The molecule has 0 aromatic carbocycles. The average Bonchev–Trinajstić information content (AvgIpc) is 2.37. The molecule has 5 nitrogen and oxygen atoms in total. The molecular weight excluding hydrogens is 224 g/mol. The number of hydrogen-bond acceptors (Lipinski definition) is 5. The zero-order valence-electron chi connectivity index (χ0n) is 10.9. The molecule has 0 saturated carbocycles. The van der Waals surface area contributed by atoms with Crippen LogP contribution in [-0.4, -0.2) is 58.1 Å². The fourth-order valence-corrected chi connectivity index (χ4v) is 0.943. The molecule has 0 aliphatic carbocycles. The summed E-state index contributed by atoms with van der Waals surface area (Å²) in [6, 6.07) is 0. The molecule has 17 heavy (non-hydrogen) atoms. The maximum atomic E-state index is 8.75. The lowest BCUT2D eigenvalue weighted by atomic mass is 9.98. The standard InChI is InChI=1S/C6H14O3.C6H14O2/c7-4-2-1-3-6(9)5-8;1-5(3-7)6(2)4-8/h6-9H,1-5H2;5-8H,3-4H2,1-2H3. The van der Waals surface area contributed by atoms with E-state index in [1.165, 1.54) is 0 Å². The van der Waals surface area contributed by atoms with Gasteiger partial charge in [0.25, 0.3) is 0 Å². The third-order valence-corrected chi connectivity index (χ3v) is 2.70. The topological polar surface area (TPSA) is 101 Å². The van der Waals surface area contributed by atoms with Crippen molar-refractivity contribution >= 4 is 0 Å². The molecule has 5 N–H and O–H groups in total. The van der Waals surface area contributed by atoms with E-state index < -0.39 is 6.10 Å². The van der Waals surface area contributed by atoms with Gasteiger partial charge >= 0.3 is 0 Å². The minimum atomic E-state index is -0.600. The van der Waals surface area contributed by atoms with Gasteiger partial charge < -0.3 is 25.5 Å². The highest BCUT2D eigenvalue weighted by molar-refractivity contribution is 4.57. The predicted molar refractivity (Wildman–Crippen MR) is 66.5 cm³/mol. The van der Waals surface area contributed by atoms with Crippen LogP contribution in [0.5, 0.6) is 0 Å². The lowest BCUT2D eigenvalue weighted by Crippen LogP contribution is -2.15. The van der Waals surface area contributed by atoms with Crippen LogP contribution in [-0.2, 0) is 0 Å². The van der Waals surface area contributed by atoms with Crippen LogP contribution in [0.15, 0.2) is 0 Å². The van der Waals surface area contributed by atoms with E-state index in [9.17, 15) is 0 Å². The van der Waals surface area contributed by atoms with Crippen LogP contribution in [0.4, 0.5) is 0 Å². The summed E-state index contributed by atoms with van der Waals surface area (Å²) in [6.45, 7) is 4.16. The van der Waals surface area contributed by atoms with Crippen molar-refractivity contribution in [2.75, 3.05) is 26.4 Å². The van der Waals surface area contributed by atoms with Crippen LogP contribution in [0.25, 0.3) is 0 Å². The van der Waals surface area contributed by atoms with Crippen molar-refractivity contribution in [1.29, 1.82) is 0 Å². The SMILES string of the molecule is CC(CO)C(C)CO.OCCCCC(O)CO. The lowest BCUT2D eigenvalue weighted by molar-refractivity contribution is 0.0848. The molecule has 0 aromatic heterocycles. The van der Waals surface area contributed by atoms with Gasteiger partial charge in [0.2, 0.25) is 0 Å². The molecule has 106 valence electrons. The van der Waals surface area contributed by atoms with E-state index in [2.05, 4.69) is 0 Å². The van der Waals surface area contributed by atoms with Crippen LogP contribution in [0, 0.1) is 11.8 Å². The molecule has 3 atom stereocenters. The molecule has 0 fully saturated rings. The van der Waals surface area contributed by atoms with Gasteiger partial charge in [-0.1, -0.05) is 13.8 Å². The van der Waals surface area contributed by atoms with E-state index in [1.54, 1.807) is 0 Å². The minimum Gasteiger partial charge on any atom is -0.396 e. The second kappa shape index (κ2) is 13.9. The Morgan fingerprint density at radius 1 is 0.765 bits per heavy atom. The van der Waals surface area contributed by atoms with E-state index in [0.29, 0.717) is 12.8 Å². The Labute approximate surface area is 104 Å². The Bertz CT molecular complexity index is 135. The fraction of sp³-hybridized carbons (Fsp3) is 1.00. The normalized spacial score (nSPS) is 15.7. The summed E-state index contributed by atoms with van der Waals surface area (Å²) in [4.78, 5) is 0. The number of rotatable bonds is 8. The number of aliphatic hydroxyl groups excluding tert-OH is 5. The fourth-order valence-electron chi connectivity index (χ4n) is 0.943. The molecule has 0 saturated heterocycles. The maximum absolute atomic E-state index is 8.75. The van der Waals surface area contributed by atoms with Gasteiger partial charge in [-0.2, -0.15) is 0 Å². The van der Waals surface area contributed by atoms with Crippen molar-refractivity contribution in [1.82, 2.24) is 0 Å². The van der Waals surface area contributed by atoms with E-state index >= 15 is 0 Å². The van der Waals surface area contributed by atoms with E-state index in [-0.39, 0.29) is 38.3 Å². The average molecular weight is 252 g/mol. The number of aliphatic hydroxyl groups is 5. The van der Waals surface area contributed by atoms with E-state index in [1.807, 2.05) is 13.8 Å². The molecule has 5 heteroatoms. The number of unbranched alkanes of at least 4 members (excludes halogenated alkanes) is 1. The first-order valence-electron chi connectivity index (χ1n) is 6.14. The zero-order chi connectivity index (χ0) is 13.7. The smallest absolute Gasteiger partial charge is 0.0771 e. The second-order valence-corrected chi connectivity index (χ2v) is 4.38. The van der Waals surface area contributed by atoms with Crippen LogP contribution in [0.3, 0.4) is 0 Å². The van der Waals surface area contributed by atoms with E-state index in [4.69, 9.17) is 25.5 Å². The van der Waals surface area contributed by atoms with Crippen molar-refractivity contribution < 1.29 is 25.5 Å². The molecule has 0 aliphatic heterocycles. The van der Waals surface area contributed by atoms with Crippen LogP contribution >= 0.6 is 0 Å². The highest BCUT2D eigenvalue weighted by atomic mass is 16.3. The molecule has 0 radical (unpaired) electrons. The summed E-state index contributed by atoms with van der Waals surface area (Å²) in [5, 5.41) is 42.4. The van der Waals surface area contributed by atoms with E-state index in [0.717, 1.165) is 6.42 Å². The third kappa shape index (κ3) is 13.7. The molecule has 3 unspecified atom stereocenters. The summed E-state index contributed by atoms with van der Waals surface area (Å²) in [6.07, 6.45) is 1.46. The molecule has 0 rings (SSSR count). The quantitative estimate of drug-likeness (QED) is 0.383. The second-order valence-electron chi connectivity index (χ2n) is 4.38. The van der Waals surface area contributed by atoms with Gasteiger partial charge in [0.1, 0.15) is 0 Å². The highest BCUT2D eigenvalue weighted by Crippen LogP contribution is 2.07. The van der Waals surface area contributed by atoms with Gasteiger partial charge in [-0.15, -0.1) is 0 Å². The molecular formula is C12H28O5. The van der Waals surface area contributed by atoms with Crippen molar-refractivity contribution in [3.05, 3.63) is 0 Å². The van der Waals surface area contributed by atoms with Gasteiger partial charge in [-0.05, 0) is 31.1 Å². The zero-order valence-corrected chi connectivity index (χ0v) is 10.9. The predicted octanol–water partition coefficient (Wildman–Crippen LogP) is -0.255. The maximum Gasteiger partial charge on any atom is 0.0771 e. The van der Waals surface area contributed by atoms with Crippen LogP contribution < -0.4 is 0 Å². The minimum absolute atomic E-state index is 0.165. The first-order valence-corrected chi connectivity index (χ1v) is 6.14. The molecule has 0 bridgehead atoms. The van der Waals surface area contributed by atoms with Crippen molar-refractivity contribution in [3.63, 3.8) is 0 Å². The van der Waals surface area contributed by atoms with Crippen molar-refractivity contribution in [2.24, 2.45) is 11.8 Å². The Kier molecular flexibility index (Phi) is 15.6. The Hall–Kier alpha value is -0.200. The largest absolute Gasteiger partial charge is 0.396 e. The monoisotopic (exact) mass is 252 g/mol. The van der Waals surface area contributed by atoms with Gasteiger partial charge in [0.15, 0.2) is 0 Å². The third-order valence-electron chi connectivity index (χ3n) is 2.70. The molecule has 0 spiro atoms. The molecule has 0 aromatic rings. The van der Waals surface area contributed by atoms with Crippen molar-refractivity contribution in [3.8, 4) is 0 Å². The Morgan fingerprint density at radius 2 is 1.24 bits per heavy atom. The Balaban J connectivity index is 0. The highest BCUT2D eigenvalue weighted by Gasteiger charge is 2.07. The molecule has 0 amide bonds. The Morgan fingerprint density at radius 3 is 1.53 bits per heavy atom. The van der Waals surface area contributed by atoms with Gasteiger partial charge in [-0.3, -0.25) is 0 Å². The molecule has 0 aliphatic rings. The lowest BCUT2D eigenvalue weighted by Gasteiger charge is -2.13. The summed E-state index contributed by atoms with van der Waals surface area (Å²) in [7, 11) is 0. The van der Waals surface area contributed by atoms with Gasteiger partial charge in [0.05, 0.1) is 12.7 Å². The summed E-state index contributed by atoms with van der Waals surface area (Å²) >= 11 is 0. The summed E-state index contributed by atoms with van der Waals surface area (Å²) < 4.78 is 0. The summed E-state index contributed by atoms with van der Waals surface area (Å²) in [5.41, 5.74) is 0. The first-order chi connectivity index (χ1) is 8.03. The van der Waals surface area contributed by atoms with Gasteiger partial charge in [-0.25, -0.2) is 0 Å². The summed E-state index contributed by atoms with van der Waals surface area (Å²) in [5.74, 6) is 0.444. The number of hydrogen-bond donors (Lipinski definition) is 5. The first kappa shape index (κ1) is 19.1. The van der Waals surface area contributed by atoms with Gasteiger partial charge in [0, 0.05) is 19.8 Å².